The average Bonchev–Trinajstić information content (AvgIpc) is 3.39. The molecule has 0 aliphatic carbocycles. The van der Waals surface area contributed by atoms with E-state index in [0.29, 0.717) is 24.6 Å². The number of amides is 2. The molecular weight excluding hydrogens is 442 g/mol. The van der Waals surface area contributed by atoms with Gasteiger partial charge >= 0.3 is 0 Å². The van der Waals surface area contributed by atoms with Gasteiger partial charge in [0, 0.05) is 24.2 Å². The zero-order valence-corrected chi connectivity index (χ0v) is 18.5. The molecular formula is C24H23N3O5S. The molecule has 0 bridgehead atoms. The highest BCUT2D eigenvalue weighted by molar-refractivity contribution is 7.89. The smallest absolute Gasteiger partial charge is 0.269 e. The fraction of sp³-hybridized carbons (Fsp3) is 0.167. The average molecular weight is 466 g/mol. The van der Waals surface area contributed by atoms with Gasteiger partial charge in [-0.2, -0.15) is 4.31 Å². The van der Waals surface area contributed by atoms with Crippen LogP contribution in [0.5, 0.6) is 11.5 Å². The number of benzene rings is 3. The first-order valence-electron chi connectivity index (χ1n) is 10.5. The highest BCUT2D eigenvalue weighted by Crippen LogP contribution is 2.23. The number of sulfonamides is 1. The first-order chi connectivity index (χ1) is 15.9. The summed E-state index contributed by atoms with van der Waals surface area (Å²) in [6.07, 6.45) is 1.64. The third-order valence-electron chi connectivity index (χ3n) is 5.16. The first kappa shape index (κ1) is 22.5. The van der Waals surface area contributed by atoms with Crippen LogP contribution in [0.3, 0.4) is 0 Å². The monoisotopic (exact) mass is 465 g/mol. The second-order valence-corrected chi connectivity index (χ2v) is 9.43. The highest BCUT2D eigenvalue weighted by Gasteiger charge is 2.27. The molecule has 1 aliphatic rings. The second-order valence-electron chi connectivity index (χ2n) is 7.49. The van der Waals surface area contributed by atoms with Crippen molar-refractivity contribution < 1.29 is 22.7 Å². The van der Waals surface area contributed by atoms with Crippen LogP contribution in [0.4, 0.5) is 0 Å². The van der Waals surface area contributed by atoms with Crippen molar-refractivity contribution in [2.75, 3.05) is 13.1 Å². The van der Waals surface area contributed by atoms with Gasteiger partial charge in [-0.3, -0.25) is 20.4 Å². The van der Waals surface area contributed by atoms with E-state index in [9.17, 15) is 18.0 Å². The molecule has 33 heavy (non-hydrogen) atoms. The standard InChI is InChI=1S/C24H23N3O5S/c28-23(18-8-6-12-21(16-18)32-20-10-2-1-3-11-20)25-26-24(29)19-9-7-13-22(17-19)33(30,31)27-14-4-5-15-27/h1-3,6-13,16-17H,4-5,14-15H2,(H,25,28)(H,26,29). The van der Waals surface area contributed by atoms with Crippen molar-refractivity contribution in [3.8, 4) is 11.5 Å². The van der Waals surface area contributed by atoms with Gasteiger partial charge in [0.25, 0.3) is 11.8 Å². The van der Waals surface area contributed by atoms with Gasteiger partial charge in [-0.05, 0) is 61.4 Å². The molecule has 8 nitrogen and oxygen atoms in total. The molecule has 1 saturated heterocycles. The summed E-state index contributed by atoms with van der Waals surface area (Å²) in [6, 6.07) is 21.4. The van der Waals surface area contributed by atoms with Crippen LogP contribution in [0.15, 0.2) is 83.8 Å². The molecule has 0 unspecified atom stereocenters. The number of carbonyl (C=O) groups is 2. The third kappa shape index (κ3) is 5.39. The summed E-state index contributed by atoms with van der Waals surface area (Å²) in [4.78, 5) is 25.1. The minimum atomic E-state index is -3.65. The lowest BCUT2D eigenvalue weighted by Gasteiger charge is -2.16. The minimum Gasteiger partial charge on any atom is -0.457 e. The lowest BCUT2D eigenvalue weighted by molar-refractivity contribution is 0.0846. The molecule has 0 radical (unpaired) electrons. The maximum atomic E-state index is 12.7. The number of hydrogen-bond donors (Lipinski definition) is 2. The third-order valence-corrected chi connectivity index (χ3v) is 7.06. The quantitative estimate of drug-likeness (QED) is 0.544. The Morgan fingerprint density at radius 2 is 1.30 bits per heavy atom. The molecule has 170 valence electrons. The molecule has 4 rings (SSSR count). The van der Waals surface area contributed by atoms with E-state index in [1.54, 1.807) is 36.4 Å². The molecule has 0 saturated carbocycles. The molecule has 0 aromatic heterocycles. The van der Waals surface area contributed by atoms with Crippen LogP contribution < -0.4 is 15.6 Å². The van der Waals surface area contributed by atoms with Crippen LogP contribution in [-0.2, 0) is 10.0 Å². The van der Waals surface area contributed by atoms with Gasteiger partial charge < -0.3 is 4.74 Å². The van der Waals surface area contributed by atoms with Crippen LogP contribution >= 0.6 is 0 Å². The SMILES string of the molecule is O=C(NNC(=O)c1cccc(S(=O)(=O)N2CCCC2)c1)c1cccc(Oc2ccccc2)c1. The van der Waals surface area contributed by atoms with Gasteiger partial charge in [0.15, 0.2) is 0 Å². The van der Waals surface area contributed by atoms with E-state index in [4.69, 9.17) is 4.74 Å². The maximum absolute atomic E-state index is 12.7. The molecule has 1 fully saturated rings. The molecule has 0 atom stereocenters. The van der Waals surface area contributed by atoms with Crippen LogP contribution in [0.1, 0.15) is 33.6 Å². The van der Waals surface area contributed by atoms with Gasteiger partial charge in [0.05, 0.1) is 4.90 Å². The lowest BCUT2D eigenvalue weighted by Crippen LogP contribution is -2.41. The highest BCUT2D eigenvalue weighted by atomic mass is 32.2. The predicted octanol–water partition coefficient (Wildman–Crippen LogP) is 3.34. The lowest BCUT2D eigenvalue weighted by atomic mass is 10.2. The fourth-order valence-corrected chi connectivity index (χ4v) is 5.02. The summed E-state index contributed by atoms with van der Waals surface area (Å²) < 4.78 is 32.6. The van der Waals surface area contributed by atoms with Gasteiger partial charge in [0.1, 0.15) is 11.5 Å². The van der Waals surface area contributed by atoms with Gasteiger partial charge in [-0.15, -0.1) is 0 Å². The Balaban J connectivity index is 1.40. The molecule has 1 heterocycles. The summed E-state index contributed by atoms with van der Waals surface area (Å²) in [5.41, 5.74) is 5.08. The van der Waals surface area contributed by atoms with Crippen molar-refractivity contribution in [1.82, 2.24) is 15.2 Å². The molecule has 3 aromatic rings. The summed E-state index contributed by atoms with van der Waals surface area (Å²) in [5, 5.41) is 0. The summed E-state index contributed by atoms with van der Waals surface area (Å²) in [7, 11) is -3.65. The number of rotatable bonds is 6. The summed E-state index contributed by atoms with van der Waals surface area (Å²) in [6.45, 7) is 0.948. The van der Waals surface area contributed by atoms with Gasteiger partial charge in [0.2, 0.25) is 10.0 Å². The Morgan fingerprint density at radius 3 is 1.97 bits per heavy atom. The Bertz CT molecular complexity index is 1260. The normalized spacial score (nSPS) is 13.9. The number of hydrazine groups is 1. The summed E-state index contributed by atoms with van der Waals surface area (Å²) in [5.74, 6) is -0.0617. The Hall–Kier alpha value is -3.69. The van der Waals surface area contributed by atoms with Gasteiger partial charge in [-0.1, -0.05) is 30.3 Å². The van der Waals surface area contributed by atoms with Crippen molar-refractivity contribution in [1.29, 1.82) is 0 Å². The zero-order valence-electron chi connectivity index (χ0n) is 17.7. The Kier molecular flexibility index (Phi) is 6.71. The van der Waals surface area contributed by atoms with Crippen molar-refractivity contribution in [3.05, 3.63) is 90.0 Å². The van der Waals surface area contributed by atoms with E-state index in [0.717, 1.165) is 12.8 Å². The second kappa shape index (κ2) is 9.85. The first-order valence-corrected chi connectivity index (χ1v) is 11.9. The van der Waals surface area contributed by atoms with Crippen LogP contribution in [0.2, 0.25) is 0 Å². The molecule has 3 aromatic carbocycles. The van der Waals surface area contributed by atoms with Crippen molar-refractivity contribution in [3.63, 3.8) is 0 Å². The molecule has 0 spiro atoms. The van der Waals surface area contributed by atoms with Crippen molar-refractivity contribution in [2.45, 2.75) is 17.7 Å². The van der Waals surface area contributed by atoms with Crippen molar-refractivity contribution >= 4 is 21.8 Å². The fourth-order valence-electron chi connectivity index (χ4n) is 3.46. The Morgan fingerprint density at radius 1 is 0.727 bits per heavy atom. The van der Waals surface area contributed by atoms with E-state index >= 15 is 0 Å². The van der Waals surface area contributed by atoms with E-state index < -0.39 is 21.8 Å². The van der Waals surface area contributed by atoms with Gasteiger partial charge in [-0.25, -0.2) is 8.42 Å². The van der Waals surface area contributed by atoms with Crippen molar-refractivity contribution in [2.24, 2.45) is 0 Å². The molecule has 2 N–H and O–H groups in total. The van der Waals surface area contributed by atoms with E-state index in [-0.39, 0.29) is 16.0 Å². The van der Waals surface area contributed by atoms with Crippen LogP contribution in [-0.4, -0.2) is 37.6 Å². The number of carbonyl (C=O) groups excluding carboxylic acids is 2. The van der Waals surface area contributed by atoms with Crippen LogP contribution in [0, 0.1) is 0 Å². The molecule has 9 heteroatoms. The number of hydrogen-bond acceptors (Lipinski definition) is 5. The maximum Gasteiger partial charge on any atom is 0.269 e. The Labute approximate surface area is 192 Å². The number of nitrogens with zero attached hydrogens (tertiary/aromatic N) is 1. The minimum absolute atomic E-state index is 0.0501. The summed E-state index contributed by atoms with van der Waals surface area (Å²) >= 11 is 0. The topological polar surface area (TPSA) is 105 Å². The molecule has 2 amide bonds. The zero-order chi connectivity index (χ0) is 23.3. The van der Waals surface area contributed by atoms with E-state index in [2.05, 4.69) is 10.9 Å². The number of nitrogens with one attached hydrogen (secondary N) is 2. The molecule has 1 aliphatic heterocycles. The van der Waals surface area contributed by atoms with E-state index in [1.807, 2.05) is 18.2 Å². The number of ether oxygens (including phenoxy) is 1. The van der Waals surface area contributed by atoms with E-state index in [1.165, 1.54) is 28.6 Å². The largest absolute Gasteiger partial charge is 0.457 e. The van der Waals surface area contributed by atoms with Crippen LogP contribution in [0.25, 0.3) is 0 Å². The number of para-hydroxylation sites is 1. The predicted molar refractivity (Wildman–Crippen MR) is 122 cm³/mol.